The summed E-state index contributed by atoms with van der Waals surface area (Å²) in [7, 11) is 0. The lowest BCUT2D eigenvalue weighted by molar-refractivity contribution is 0.0694. The number of hydrogen-bond acceptors (Lipinski definition) is 3. The molecule has 4 rings (SSSR count). The normalized spacial score (nSPS) is 13.9. The van der Waals surface area contributed by atoms with Gasteiger partial charge in [0.25, 0.3) is 5.56 Å². The first-order valence-corrected chi connectivity index (χ1v) is 8.46. The topological polar surface area (TPSA) is 84.8 Å². The van der Waals surface area contributed by atoms with E-state index in [-0.39, 0.29) is 22.7 Å². The van der Waals surface area contributed by atoms with Crippen LogP contribution in [0.3, 0.4) is 0 Å². The van der Waals surface area contributed by atoms with E-state index < -0.39 is 23.2 Å². The Labute approximate surface area is 152 Å². The molecular formula is C20H16F2N2O3. The van der Waals surface area contributed by atoms with Crippen molar-refractivity contribution in [1.82, 2.24) is 4.40 Å². The molecule has 27 heavy (non-hydrogen) atoms. The van der Waals surface area contributed by atoms with Gasteiger partial charge in [0.15, 0.2) is 0 Å². The summed E-state index contributed by atoms with van der Waals surface area (Å²) in [5.74, 6) is -2.62. The number of anilines is 1. The molecule has 3 N–H and O–H groups in total. The molecule has 0 atom stereocenters. The van der Waals surface area contributed by atoms with Gasteiger partial charge in [0.2, 0.25) is 0 Å². The molecule has 0 saturated heterocycles. The summed E-state index contributed by atoms with van der Waals surface area (Å²) in [4.78, 5) is 24.0. The summed E-state index contributed by atoms with van der Waals surface area (Å²) < 4.78 is 29.9. The Kier molecular flexibility index (Phi) is 3.76. The molecule has 2 heterocycles. The first-order valence-electron chi connectivity index (χ1n) is 8.46. The van der Waals surface area contributed by atoms with Crippen LogP contribution >= 0.6 is 0 Å². The summed E-state index contributed by atoms with van der Waals surface area (Å²) in [6.45, 7) is 1.65. The lowest BCUT2D eigenvalue weighted by Gasteiger charge is -2.16. The third kappa shape index (κ3) is 2.66. The predicted octanol–water partition coefficient (Wildman–Crippen LogP) is 3.71. The molecule has 2 aromatic heterocycles. The summed E-state index contributed by atoms with van der Waals surface area (Å²) in [5, 5.41) is 9.32. The minimum absolute atomic E-state index is 0.0430. The van der Waals surface area contributed by atoms with E-state index in [0.717, 1.165) is 29.5 Å². The second kappa shape index (κ2) is 5.90. The smallest absolute Gasteiger partial charge is 0.341 e. The number of aromatic nitrogens is 1. The quantitative estimate of drug-likeness (QED) is 0.689. The van der Waals surface area contributed by atoms with Gasteiger partial charge in [-0.1, -0.05) is 6.07 Å². The number of carbonyl (C=O) groups is 1. The number of rotatable bonds is 3. The van der Waals surface area contributed by atoms with Gasteiger partial charge < -0.3 is 10.8 Å². The lowest BCUT2D eigenvalue weighted by Crippen LogP contribution is -2.24. The van der Waals surface area contributed by atoms with Gasteiger partial charge in [-0.3, -0.25) is 9.20 Å². The van der Waals surface area contributed by atoms with Gasteiger partial charge in [0.05, 0.1) is 11.2 Å². The Bertz CT molecular complexity index is 1180. The molecule has 1 aliphatic carbocycles. The van der Waals surface area contributed by atoms with Crippen LogP contribution in [0.2, 0.25) is 0 Å². The molecule has 7 heteroatoms. The fourth-order valence-corrected chi connectivity index (χ4v) is 3.55. The lowest BCUT2D eigenvalue weighted by atomic mass is 9.96. The molecule has 1 saturated carbocycles. The standard InChI is InChI=1S/C20H16F2N2O3/c1-9-17(11-4-5-16(23)14(21)6-11)15(22)8-24-18(9)12(10-2-3-10)7-13(19(24)25)20(26)27/h4-8,10H,2-3,23H2,1H3,(H,26,27). The number of hydrogen-bond donors (Lipinski definition) is 2. The summed E-state index contributed by atoms with van der Waals surface area (Å²) in [5.41, 5.74) is 6.37. The maximum atomic E-state index is 14.9. The molecule has 0 radical (unpaired) electrons. The van der Waals surface area contributed by atoms with Crippen LogP contribution in [0.25, 0.3) is 16.6 Å². The monoisotopic (exact) mass is 370 g/mol. The van der Waals surface area contributed by atoms with Crippen molar-refractivity contribution in [3.05, 3.63) is 69.1 Å². The second-order valence-electron chi connectivity index (χ2n) is 6.83. The fourth-order valence-electron chi connectivity index (χ4n) is 3.55. The molecule has 138 valence electrons. The molecule has 3 aromatic rings. The van der Waals surface area contributed by atoms with Gasteiger partial charge in [-0.2, -0.15) is 0 Å². The molecule has 1 aliphatic rings. The zero-order chi connectivity index (χ0) is 19.5. The van der Waals surface area contributed by atoms with Crippen LogP contribution < -0.4 is 11.3 Å². The van der Waals surface area contributed by atoms with Crippen molar-refractivity contribution in [1.29, 1.82) is 0 Å². The highest BCUT2D eigenvalue weighted by atomic mass is 19.1. The molecule has 1 fully saturated rings. The SMILES string of the molecule is Cc1c(-c2ccc(N)c(F)c2)c(F)cn2c(=O)c(C(=O)O)cc(C3CC3)c12. The number of nitrogens with two attached hydrogens (primary N) is 1. The van der Waals surface area contributed by atoms with Crippen LogP contribution in [0.4, 0.5) is 14.5 Å². The van der Waals surface area contributed by atoms with Crippen molar-refractivity contribution in [3.8, 4) is 11.1 Å². The van der Waals surface area contributed by atoms with E-state index >= 15 is 0 Å². The number of aryl methyl sites for hydroxylation is 1. The fraction of sp³-hybridized carbons (Fsp3) is 0.200. The summed E-state index contributed by atoms with van der Waals surface area (Å²) in [6, 6.07) is 5.41. The predicted molar refractivity (Wildman–Crippen MR) is 97.1 cm³/mol. The van der Waals surface area contributed by atoms with Crippen molar-refractivity contribution in [2.45, 2.75) is 25.7 Å². The van der Waals surface area contributed by atoms with E-state index in [4.69, 9.17) is 5.73 Å². The Balaban J connectivity index is 2.11. The van der Waals surface area contributed by atoms with Crippen molar-refractivity contribution in [3.63, 3.8) is 0 Å². The number of halogens is 2. The number of aromatic carboxylic acids is 1. The van der Waals surface area contributed by atoms with Crippen LogP contribution in [-0.2, 0) is 0 Å². The maximum absolute atomic E-state index is 14.9. The van der Waals surface area contributed by atoms with Crippen LogP contribution in [0.1, 0.15) is 40.2 Å². The summed E-state index contributed by atoms with van der Waals surface area (Å²) >= 11 is 0. The van der Waals surface area contributed by atoms with Gasteiger partial charge >= 0.3 is 5.97 Å². The number of fused-ring (bicyclic) bond motifs is 1. The number of pyridine rings is 2. The van der Waals surface area contributed by atoms with Crippen LogP contribution in [0.15, 0.2) is 35.3 Å². The third-order valence-corrected chi connectivity index (χ3v) is 5.01. The number of carboxylic acids is 1. The molecule has 5 nitrogen and oxygen atoms in total. The van der Waals surface area contributed by atoms with Crippen LogP contribution in [0, 0.1) is 18.6 Å². The van der Waals surface area contributed by atoms with E-state index in [2.05, 4.69) is 0 Å². The Morgan fingerprint density at radius 1 is 1.22 bits per heavy atom. The minimum Gasteiger partial charge on any atom is -0.477 e. The Hall–Kier alpha value is -3.22. The number of benzene rings is 1. The third-order valence-electron chi connectivity index (χ3n) is 5.01. The largest absolute Gasteiger partial charge is 0.477 e. The van der Waals surface area contributed by atoms with E-state index in [1.54, 1.807) is 6.92 Å². The van der Waals surface area contributed by atoms with Gasteiger partial charge in [-0.05, 0) is 60.6 Å². The molecule has 0 amide bonds. The molecule has 0 spiro atoms. The molecular weight excluding hydrogens is 354 g/mol. The number of nitrogen functional groups attached to an aromatic ring is 1. The second-order valence-corrected chi connectivity index (χ2v) is 6.83. The van der Waals surface area contributed by atoms with Gasteiger partial charge in [-0.15, -0.1) is 0 Å². The number of carboxylic acid groups (broad SMARTS) is 1. The number of nitrogens with zero attached hydrogens (tertiary/aromatic N) is 1. The van der Waals surface area contributed by atoms with E-state index in [9.17, 15) is 23.5 Å². The highest BCUT2D eigenvalue weighted by molar-refractivity contribution is 5.89. The van der Waals surface area contributed by atoms with Gasteiger partial charge in [-0.25, -0.2) is 13.6 Å². The molecule has 1 aromatic carbocycles. The Morgan fingerprint density at radius 2 is 1.93 bits per heavy atom. The zero-order valence-corrected chi connectivity index (χ0v) is 14.4. The van der Waals surface area contributed by atoms with Crippen molar-refractivity contribution >= 4 is 17.2 Å². The minimum atomic E-state index is -1.35. The summed E-state index contributed by atoms with van der Waals surface area (Å²) in [6.07, 6.45) is 2.72. The molecule has 0 bridgehead atoms. The van der Waals surface area contributed by atoms with Crippen molar-refractivity contribution in [2.75, 3.05) is 5.73 Å². The first kappa shape index (κ1) is 17.2. The average molecular weight is 370 g/mol. The highest BCUT2D eigenvalue weighted by Crippen LogP contribution is 2.44. The van der Waals surface area contributed by atoms with Crippen LogP contribution in [0.5, 0.6) is 0 Å². The van der Waals surface area contributed by atoms with Crippen molar-refractivity contribution < 1.29 is 18.7 Å². The van der Waals surface area contributed by atoms with E-state index in [1.807, 2.05) is 0 Å². The average Bonchev–Trinajstić information content (AvgIpc) is 3.43. The Morgan fingerprint density at radius 3 is 2.52 bits per heavy atom. The first-order chi connectivity index (χ1) is 12.8. The van der Waals surface area contributed by atoms with Crippen LogP contribution in [-0.4, -0.2) is 15.5 Å². The molecule has 0 aliphatic heterocycles. The van der Waals surface area contributed by atoms with Gasteiger partial charge in [0, 0.05) is 11.8 Å². The van der Waals surface area contributed by atoms with E-state index in [0.29, 0.717) is 22.2 Å². The molecule has 0 unspecified atom stereocenters. The van der Waals surface area contributed by atoms with Gasteiger partial charge in [0.1, 0.15) is 17.2 Å². The zero-order valence-electron chi connectivity index (χ0n) is 14.4. The van der Waals surface area contributed by atoms with Crippen molar-refractivity contribution in [2.24, 2.45) is 0 Å². The maximum Gasteiger partial charge on any atom is 0.341 e. The highest BCUT2D eigenvalue weighted by Gasteiger charge is 2.30. The van der Waals surface area contributed by atoms with E-state index in [1.165, 1.54) is 18.2 Å².